The van der Waals surface area contributed by atoms with E-state index < -0.39 is 10.1 Å². The molecule has 0 aliphatic rings. The lowest BCUT2D eigenvalue weighted by Crippen LogP contribution is -1.96. The molecule has 218 valence electrons. The first kappa shape index (κ1) is 36.6. The first-order valence-corrected chi connectivity index (χ1v) is 18.6. The molecule has 1 atom stereocenters. The monoisotopic (exact) mass is 556 g/mol. The number of rotatable bonds is 25. The van der Waals surface area contributed by atoms with Crippen LogP contribution in [0.3, 0.4) is 0 Å². The van der Waals surface area contributed by atoms with Crippen molar-refractivity contribution >= 4 is 18.7 Å². The largest absolute Gasteiger partial charge is 0.294 e. The zero-order valence-electron chi connectivity index (χ0n) is 24.5. The second-order valence-corrected chi connectivity index (χ2v) is 13.5. The van der Waals surface area contributed by atoms with E-state index in [-0.39, 0.29) is 4.90 Å². The highest BCUT2D eigenvalue weighted by Gasteiger charge is 2.05. The summed E-state index contributed by atoms with van der Waals surface area (Å²) in [6.07, 6.45) is 35.5. The first-order valence-electron chi connectivity index (χ1n) is 15.8. The van der Waals surface area contributed by atoms with Crippen LogP contribution >= 0.6 is 8.58 Å². The van der Waals surface area contributed by atoms with E-state index in [1.54, 1.807) is 18.2 Å². The Morgan fingerprint density at radius 2 is 0.811 bits per heavy atom. The van der Waals surface area contributed by atoms with E-state index in [1.165, 1.54) is 174 Å². The van der Waals surface area contributed by atoms with Crippen LogP contribution in [-0.4, -0.2) is 25.3 Å². The summed E-state index contributed by atoms with van der Waals surface area (Å²) < 4.78 is 29.2. The van der Waals surface area contributed by atoms with Crippen molar-refractivity contribution in [3.8, 4) is 0 Å². The van der Waals surface area contributed by atoms with Gasteiger partial charge in [-0.05, 0) is 37.3 Å². The summed E-state index contributed by atoms with van der Waals surface area (Å²) in [6, 6.07) is 7.42. The maximum atomic E-state index is 10.4. The zero-order valence-corrected chi connectivity index (χ0v) is 26.3. The van der Waals surface area contributed by atoms with Crippen molar-refractivity contribution in [1.29, 1.82) is 0 Å². The summed E-state index contributed by atoms with van der Waals surface area (Å²) in [6.45, 7) is 4.61. The molecular formula is C32H61O3PS. The number of hydrogen-bond acceptors (Lipinski definition) is 2. The molecular weight excluding hydrogens is 495 g/mol. The van der Waals surface area contributed by atoms with Gasteiger partial charge in [0.15, 0.2) is 0 Å². The van der Waals surface area contributed by atoms with Crippen LogP contribution in [0.1, 0.15) is 155 Å². The van der Waals surface area contributed by atoms with E-state index >= 15 is 0 Å². The summed E-state index contributed by atoms with van der Waals surface area (Å²) >= 11 is 0. The summed E-state index contributed by atoms with van der Waals surface area (Å²) in [5.41, 5.74) is 0. The standard InChI is InChI=1S/C26H55P.C6H6O3S/c1-3-5-7-9-11-13-15-16-18-20-22-24-26-27-25-23-21-19-17-14-12-10-8-6-4-2;7-10(8,9)6-4-2-1-3-5-6/h27H,3-26H2,1-2H3;1-5H,(H,7,8,9). The first-order chi connectivity index (χ1) is 18.0. The number of hydrogen-bond donors (Lipinski definition) is 1. The van der Waals surface area contributed by atoms with E-state index in [1.807, 2.05) is 0 Å². The SMILES string of the molecule is CCCCCCCCCCCCCCPCCCCCCCCCCCC.O=S(=O)(O)c1ccccc1. The number of benzene rings is 1. The fourth-order valence-electron chi connectivity index (χ4n) is 4.55. The van der Waals surface area contributed by atoms with Crippen molar-refractivity contribution in [2.24, 2.45) is 0 Å². The minimum absolute atomic E-state index is 0.0741. The van der Waals surface area contributed by atoms with Gasteiger partial charge in [-0.1, -0.05) is 160 Å². The number of unbranched alkanes of at least 4 members (excludes halogenated alkanes) is 20. The highest BCUT2D eigenvalue weighted by atomic mass is 32.2. The van der Waals surface area contributed by atoms with Gasteiger partial charge in [0.1, 0.15) is 0 Å². The molecule has 5 heteroatoms. The molecule has 0 saturated heterocycles. The van der Waals surface area contributed by atoms with Crippen molar-refractivity contribution in [2.75, 3.05) is 12.3 Å². The Labute approximate surface area is 233 Å². The van der Waals surface area contributed by atoms with Crippen LogP contribution in [0.4, 0.5) is 0 Å². The second kappa shape index (κ2) is 28.6. The van der Waals surface area contributed by atoms with E-state index in [0.717, 1.165) is 0 Å². The van der Waals surface area contributed by atoms with Crippen LogP contribution in [0.25, 0.3) is 0 Å². The molecule has 0 saturated carbocycles. The zero-order chi connectivity index (χ0) is 27.3. The van der Waals surface area contributed by atoms with Crippen LogP contribution in [0.5, 0.6) is 0 Å². The Morgan fingerprint density at radius 3 is 1.08 bits per heavy atom. The van der Waals surface area contributed by atoms with Crippen LogP contribution in [0.15, 0.2) is 35.2 Å². The van der Waals surface area contributed by atoms with Gasteiger partial charge < -0.3 is 0 Å². The highest BCUT2D eigenvalue weighted by molar-refractivity contribution is 7.85. The maximum absolute atomic E-state index is 10.4. The summed E-state index contributed by atoms with van der Waals surface area (Å²) in [5.74, 6) is 0. The predicted octanol–water partition coefficient (Wildman–Crippen LogP) is 11.2. The molecule has 0 bridgehead atoms. The quantitative estimate of drug-likeness (QED) is 0.0740. The average Bonchev–Trinajstić information content (AvgIpc) is 2.89. The molecule has 0 aliphatic heterocycles. The second-order valence-electron chi connectivity index (χ2n) is 10.6. The lowest BCUT2D eigenvalue weighted by Gasteiger charge is -2.04. The van der Waals surface area contributed by atoms with Crippen molar-refractivity contribution in [2.45, 2.75) is 160 Å². The fourth-order valence-corrected chi connectivity index (χ4v) is 6.30. The van der Waals surface area contributed by atoms with Gasteiger partial charge in [-0.2, -0.15) is 8.42 Å². The van der Waals surface area contributed by atoms with Crippen molar-refractivity contribution in [1.82, 2.24) is 0 Å². The van der Waals surface area contributed by atoms with Gasteiger partial charge in [-0.25, -0.2) is 0 Å². The average molecular weight is 557 g/mol. The molecule has 1 rings (SSSR count). The summed E-state index contributed by atoms with van der Waals surface area (Å²) in [7, 11) is -2.75. The van der Waals surface area contributed by atoms with Crippen LogP contribution in [0, 0.1) is 0 Å². The van der Waals surface area contributed by atoms with Gasteiger partial charge >= 0.3 is 0 Å². The molecule has 1 aromatic rings. The van der Waals surface area contributed by atoms with Gasteiger partial charge in [0.05, 0.1) is 4.90 Å². The minimum atomic E-state index is -4.00. The van der Waals surface area contributed by atoms with Crippen molar-refractivity contribution < 1.29 is 13.0 Å². The maximum Gasteiger partial charge on any atom is 0.294 e. The Morgan fingerprint density at radius 1 is 0.514 bits per heavy atom. The van der Waals surface area contributed by atoms with Crippen molar-refractivity contribution in [3.05, 3.63) is 30.3 Å². The Hall–Kier alpha value is -0.440. The minimum Gasteiger partial charge on any atom is -0.282 e. The lowest BCUT2D eigenvalue weighted by molar-refractivity contribution is 0.483. The third-order valence-corrected chi connectivity index (χ3v) is 9.24. The smallest absolute Gasteiger partial charge is 0.282 e. The molecule has 0 radical (unpaired) electrons. The molecule has 0 heterocycles. The Balaban J connectivity index is 0.00000107. The van der Waals surface area contributed by atoms with Gasteiger partial charge in [0.25, 0.3) is 10.1 Å². The van der Waals surface area contributed by atoms with Gasteiger partial charge in [-0.3, -0.25) is 4.55 Å². The van der Waals surface area contributed by atoms with E-state index in [2.05, 4.69) is 13.8 Å². The molecule has 1 unspecified atom stereocenters. The predicted molar refractivity (Wildman–Crippen MR) is 167 cm³/mol. The molecule has 0 spiro atoms. The molecule has 0 fully saturated rings. The molecule has 1 N–H and O–H groups in total. The lowest BCUT2D eigenvalue weighted by atomic mass is 10.1. The third-order valence-electron chi connectivity index (χ3n) is 6.96. The summed E-state index contributed by atoms with van der Waals surface area (Å²) in [5, 5.41) is 0. The summed E-state index contributed by atoms with van der Waals surface area (Å²) in [4.78, 5) is -0.0741. The van der Waals surface area contributed by atoms with Crippen LogP contribution < -0.4 is 0 Å². The molecule has 1 aromatic carbocycles. The fraction of sp³-hybridized carbons (Fsp3) is 0.812. The van der Waals surface area contributed by atoms with Crippen LogP contribution in [0.2, 0.25) is 0 Å². The van der Waals surface area contributed by atoms with Gasteiger partial charge in [0.2, 0.25) is 0 Å². The molecule has 3 nitrogen and oxygen atoms in total. The Bertz CT molecular complexity index is 640. The van der Waals surface area contributed by atoms with E-state index in [0.29, 0.717) is 0 Å². The van der Waals surface area contributed by atoms with E-state index in [9.17, 15) is 8.42 Å². The van der Waals surface area contributed by atoms with Crippen molar-refractivity contribution in [3.63, 3.8) is 0 Å². The van der Waals surface area contributed by atoms with E-state index in [4.69, 9.17) is 4.55 Å². The Kier molecular flexibility index (Phi) is 28.2. The molecule has 0 aromatic heterocycles. The topological polar surface area (TPSA) is 54.4 Å². The van der Waals surface area contributed by atoms with Crippen LogP contribution in [-0.2, 0) is 10.1 Å². The van der Waals surface area contributed by atoms with Gasteiger partial charge in [0, 0.05) is 0 Å². The molecule has 0 aliphatic carbocycles. The molecule has 0 amide bonds. The highest BCUT2D eigenvalue weighted by Crippen LogP contribution is 2.19. The normalized spacial score (nSPS) is 11.6. The molecule has 37 heavy (non-hydrogen) atoms. The third kappa shape index (κ3) is 28.4. The van der Waals surface area contributed by atoms with Gasteiger partial charge in [-0.15, -0.1) is 8.58 Å².